The summed E-state index contributed by atoms with van der Waals surface area (Å²) in [5.41, 5.74) is 2.47. The van der Waals surface area contributed by atoms with Crippen LogP contribution in [-0.2, 0) is 24.3 Å². The number of sulfonamides is 1. The highest BCUT2D eigenvalue weighted by Gasteiger charge is 2.19. The van der Waals surface area contributed by atoms with Gasteiger partial charge in [0.2, 0.25) is 10.0 Å². The molecule has 150 valence electrons. The van der Waals surface area contributed by atoms with E-state index in [1.807, 2.05) is 26.0 Å². The van der Waals surface area contributed by atoms with E-state index < -0.39 is 28.0 Å². The van der Waals surface area contributed by atoms with Crippen LogP contribution in [0, 0.1) is 13.8 Å². The van der Waals surface area contributed by atoms with Gasteiger partial charge < -0.3 is 10.1 Å². The van der Waals surface area contributed by atoms with Crippen LogP contribution < -0.4 is 10.0 Å². The number of para-hydroxylation sites is 1. The van der Waals surface area contributed by atoms with Crippen LogP contribution >= 0.6 is 0 Å². The molecule has 8 heteroatoms. The zero-order valence-electron chi connectivity index (χ0n) is 16.1. The highest BCUT2D eigenvalue weighted by Crippen LogP contribution is 2.14. The Labute approximate surface area is 165 Å². The van der Waals surface area contributed by atoms with Gasteiger partial charge in [0.05, 0.1) is 11.3 Å². The van der Waals surface area contributed by atoms with E-state index in [-0.39, 0.29) is 17.9 Å². The van der Waals surface area contributed by atoms with Crippen LogP contribution in [0.5, 0.6) is 0 Å². The van der Waals surface area contributed by atoms with Gasteiger partial charge in [-0.3, -0.25) is 9.59 Å². The molecule has 28 heavy (non-hydrogen) atoms. The molecule has 1 atom stereocenters. The third-order valence-corrected chi connectivity index (χ3v) is 5.51. The molecule has 2 rings (SSSR count). The van der Waals surface area contributed by atoms with E-state index in [0.29, 0.717) is 5.69 Å². The summed E-state index contributed by atoms with van der Waals surface area (Å²) < 4.78 is 31.7. The first-order valence-electron chi connectivity index (χ1n) is 8.81. The van der Waals surface area contributed by atoms with E-state index in [4.69, 9.17) is 4.74 Å². The Hall–Kier alpha value is -2.71. The summed E-state index contributed by atoms with van der Waals surface area (Å²) >= 11 is 0. The first-order chi connectivity index (χ1) is 13.2. The number of aryl methyl sites for hydroxylation is 2. The summed E-state index contributed by atoms with van der Waals surface area (Å²) in [6.45, 7) is 5.05. The Bertz CT molecular complexity index is 939. The second kappa shape index (κ2) is 9.48. The summed E-state index contributed by atoms with van der Waals surface area (Å²) in [6, 6.07) is 13.6. The van der Waals surface area contributed by atoms with Crippen LogP contribution in [0.1, 0.15) is 24.5 Å². The van der Waals surface area contributed by atoms with Gasteiger partial charge in [-0.2, -0.15) is 0 Å². The van der Waals surface area contributed by atoms with Crippen molar-refractivity contribution in [3.8, 4) is 0 Å². The predicted molar refractivity (Wildman–Crippen MR) is 106 cm³/mol. The molecule has 0 bridgehead atoms. The van der Waals surface area contributed by atoms with E-state index >= 15 is 0 Å². The number of esters is 1. The van der Waals surface area contributed by atoms with Gasteiger partial charge in [0, 0.05) is 12.2 Å². The lowest BCUT2D eigenvalue weighted by atomic mass is 10.2. The summed E-state index contributed by atoms with van der Waals surface area (Å²) in [5.74, 6) is -1.12. The maximum atomic E-state index is 12.2. The molecular weight excluding hydrogens is 380 g/mol. The van der Waals surface area contributed by atoms with Crippen molar-refractivity contribution in [2.45, 2.75) is 38.2 Å². The van der Waals surface area contributed by atoms with Crippen molar-refractivity contribution in [3.05, 3.63) is 59.7 Å². The number of anilines is 1. The van der Waals surface area contributed by atoms with Crippen LogP contribution in [0.4, 0.5) is 5.69 Å². The van der Waals surface area contributed by atoms with E-state index in [9.17, 15) is 18.0 Å². The number of nitrogens with one attached hydrogen (secondary N) is 2. The lowest BCUT2D eigenvalue weighted by Gasteiger charge is -2.15. The Morgan fingerprint density at radius 1 is 1.04 bits per heavy atom. The van der Waals surface area contributed by atoms with Crippen LogP contribution in [0.15, 0.2) is 53.4 Å². The van der Waals surface area contributed by atoms with Crippen LogP contribution in [0.25, 0.3) is 0 Å². The number of carbonyl (C=O) groups is 2. The molecule has 1 unspecified atom stereocenters. The fourth-order valence-corrected chi connectivity index (χ4v) is 3.38. The molecule has 2 aromatic carbocycles. The van der Waals surface area contributed by atoms with Crippen molar-refractivity contribution in [1.82, 2.24) is 4.72 Å². The molecule has 7 nitrogen and oxygen atoms in total. The Morgan fingerprint density at radius 3 is 2.32 bits per heavy atom. The fraction of sp³-hybridized carbons (Fsp3) is 0.300. The molecule has 2 N–H and O–H groups in total. The van der Waals surface area contributed by atoms with Crippen molar-refractivity contribution in [1.29, 1.82) is 0 Å². The lowest BCUT2D eigenvalue weighted by Crippen LogP contribution is -2.32. The number of amides is 1. The first kappa shape index (κ1) is 21.6. The predicted octanol–water partition coefficient (Wildman–Crippen LogP) is 2.54. The monoisotopic (exact) mass is 404 g/mol. The average molecular weight is 404 g/mol. The van der Waals surface area contributed by atoms with Gasteiger partial charge in [-0.1, -0.05) is 35.9 Å². The zero-order chi connectivity index (χ0) is 20.7. The minimum Gasteiger partial charge on any atom is -0.452 e. The summed E-state index contributed by atoms with van der Waals surface area (Å²) in [7, 11) is -3.70. The molecule has 0 fully saturated rings. The number of ether oxygens (including phenoxy) is 1. The maximum Gasteiger partial charge on any atom is 0.307 e. The van der Waals surface area contributed by atoms with Crippen molar-refractivity contribution >= 4 is 27.6 Å². The minimum absolute atomic E-state index is 0.123. The van der Waals surface area contributed by atoms with E-state index in [1.165, 1.54) is 19.1 Å². The maximum absolute atomic E-state index is 12.2. The second-order valence-electron chi connectivity index (χ2n) is 6.40. The summed E-state index contributed by atoms with van der Waals surface area (Å²) in [6.07, 6.45) is -1.19. The molecule has 0 aromatic heterocycles. The van der Waals surface area contributed by atoms with Gasteiger partial charge in [0.25, 0.3) is 5.91 Å². The van der Waals surface area contributed by atoms with Gasteiger partial charge >= 0.3 is 5.97 Å². The van der Waals surface area contributed by atoms with Crippen molar-refractivity contribution in [2.24, 2.45) is 0 Å². The second-order valence-corrected chi connectivity index (χ2v) is 8.16. The van der Waals surface area contributed by atoms with Gasteiger partial charge in [-0.25, -0.2) is 13.1 Å². The lowest BCUT2D eigenvalue weighted by molar-refractivity contribution is -0.152. The number of benzene rings is 2. The SMILES string of the molecule is Cc1ccc(S(=O)(=O)NCCC(=O)OC(C)C(=O)Nc2ccccc2C)cc1. The third kappa shape index (κ3) is 6.17. The molecule has 0 aliphatic carbocycles. The molecule has 1 amide bonds. The number of rotatable bonds is 8. The van der Waals surface area contributed by atoms with Crippen molar-refractivity contribution < 1.29 is 22.7 Å². The normalized spacial score (nSPS) is 12.2. The summed E-state index contributed by atoms with van der Waals surface area (Å²) in [5, 5.41) is 2.69. The summed E-state index contributed by atoms with van der Waals surface area (Å²) in [4.78, 5) is 24.2. The number of carbonyl (C=O) groups excluding carboxylic acids is 2. The molecule has 0 saturated heterocycles. The van der Waals surface area contributed by atoms with Gasteiger partial charge in [-0.05, 0) is 44.5 Å². The average Bonchev–Trinajstić information content (AvgIpc) is 2.63. The van der Waals surface area contributed by atoms with Crippen LogP contribution in [0.2, 0.25) is 0 Å². The van der Waals surface area contributed by atoms with Crippen molar-refractivity contribution in [2.75, 3.05) is 11.9 Å². The topological polar surface area (TPSA) is 102 Å². The Kier molecular flexibility index (Phi) is 7.31. The molecule has 0 saturated carbocycles. The highest BCUT2D eigenvalue weighted by atomic mass is 32.2. The zero-order valence-corrected chi connectivity index (χ0v) is 16.9. The Morgan fingerprint density at radius 2 is 1.68 bits per heavy atom. The quantitative estimate of drug-likeness (QED) is 0.659. The fourth-order valence-electron chi connectivity index (χ4n) is 2.35. The first-order valence-corrected chi connectivity index (χ1v) is 10.3. The molecule has 0 radical (unpaired) electrons. The number of hydrogen-bond donors (Lipinski definition) is 2. The molecule has 0 spiro atoms. The smallest absolute Gasteiger partial charge is 0.307 e. The third-order valence-electron chi connectivity index (χ3n) is 4.03. The highest BCUT2D eigenvalue weighted by molar-refractivity contribution is 7.89. The van der Waals surface area contributed by atoms with E-state index in [2.05, 4.69) is 10.0 Å². The van der Waals surface area contributed by atoms with Gasteiger partial charge in [0.1, 0.15) is 0 Å². The van der Waals surface area contributed by atoms with Gasteiger partial charge in [0.15, 0.2) is 6.10 Å². The van der Waals surface area contributed by atoms with Gasteiger partial charge in [-0.15, -0.1) is 0 Å². The standard InChI is InChI=1S/C20H24N2O5S/c1-14-8-10-17(11-9-14)28(25,26)21-13-12-19(23)27-16(3)20(24)22-18-7-5-4-6-15(18)2/h4-11,16,21H,12-13H2,1-3H3,(H,22,24). The molecular formula is C20H24N2O5S. The molecule has 0 aliphatic rings. The minimum atomic E-state index is -3.70. The van der Waals surface area contributed by atoms with E-state index in [0.717, 1.165) is 11.1 Å². The van der Waals surface area contributed by atoms with E-state index in [1.54, 1.807) is 24.3 Å². The number of hydrogen-bond acceptors (Lipinski definition) is 5. The largest absolute Gasteiger partial charge is 0.452 e. The Balaban J connectivity index is 1.80. The molecule has 2 aromatic rings. The van der Waals surface area contributed by atoms with Crippen molar-refractivity contribution in [3.63, 3.8) is 0 Å². The molecule has 0 aliphatic heterocycles. The van der Waals surface area contributed by atoms with Crippen LogP contribution in [0.3, 0.4) is 0 Å². The van der Waals surface area contributed by atoms with Crippen LogP contribution in [-0.4, -0.2) is 32.9 Å². The molecule has 0 heterocycles.